The van der Waals surface area contributed by atoms with Crippen LogP contribution in [-0.2, 0) is 13.2 Å². The van der Waals surface area contributed by atoms with Gasteiger partial charge in [0.15, 0.2) is 11.5 Å². The van der Waals surface area contributed by atoms with Crippen molar-refractivity contribution in [3.8, 4) is 11.5 Å². The van der Waals surface area contributed by atoms with E-state index in [2.05, 4.69) is 18.3 Å². The zero-order valence-corrected chi connectivity index (χ0v) is 18.2. The molecule has 0 heterocycles. The van der Waals surface area contributed by atoms with Crippen molar-refractivity contribution in [3.05, 3.63) is 94.0 Å². The molecular formula is C25H28ClNO3. The molecule has 0 radical (unpaired) electrons. The van der Waals surface area contributed by atoms with Gasteiger partial charge in [0.05, 0.1) is 17.7 Å². The summed E-state index contributed by atoms with van der Waals surface area (Å²) >= 11 is 6.53. The Hall–Kier alpha value is -2.53. The van der Waals surface area contributed by atoms with E-state index in [0.717, 1.165) is 16.7 Å². The Kier molecular flexibility index (Phi) is 8.14. The molecule has 4 nitrogen and oxygen atoms in total. The van der Waals surface area contributed by atoms with Gasteiger partial charge < -0.3 is 19.9 Å². The van der Waals surface area contributed by atoms with Crippen LogP contribution < -0.4 is 14.8 Å². The van der Waals surface area contributed by atoms with Gasteiger partial charge in [-0.1, -0.05) is 66.2 Å². The fourth-order valence-corrected chi connectivity index (χ4v) is 3.48. The van der Waals surface area contributed by atoms with E-state index in [0.29, 0.717) is 42.8 Å². The van der Waals surface area contributed by atoms with E-state index in [1.54, 1.807) is 0 Å². The molecule has 1 unspecified atom stereocenters. The van der Waals surface area contributed by atoms with Crippen LogP contribution in [0.3, 0.4) is 0 Å². The summed E-state index contributed by atoms with van der Waals surface area (Å²) in [6.07, 6.45) is -0.565. The molecule has 2 N–H and O–H groups in total. The molecule has 5 heteroatoms. The van der Waals surface area contributed by atoms with Crippen LogP contribution in [0.15, 0.2) is 66.7 Å². The first-order chi connectivity index (χ1) is 14.6. The summed E-state index contributed by atoms with van der Waals surface area (Å²) in [5.41, 5.74) is 4.13. The molecule has 0 aliphatic heterocycles. The van der Waals surface area contributed by atoms with Gasteiger partial charge in [0.2, 0.25) is 0 Å². The second-order valence-corrected chi connectivity index (χ2v) is 7.52. The standard InChI is InChI=1S/C25H28ClNO3/c1-3-29-24-14-19(15-27-16-23(28)20-10-5-4-6-11-20)13-22(26)25(24)30-17-21-12-8-7-9-18(21)2/h4-14,23,27-28H,3,15-17H2,1-2H3. The number of benzene rings is 3. The fourth-order valence-electron chi connectivity index (χ4n) is 3.19. The lowest BCUT2D eigenvalue weighted by Gasteiger charge is -2.17. The Morgan fingerprint density at radius 1 is 1.00 bits per heavy atom. The van der Waals surface area contributed by atoms with Crippen molar-refractivity contribution >= 4 is 11.6 Å². The number of hydrogen-bond acceptors (Lipinski definition) is 4. The van der Waals surface area contributed by atoms with Gasteiger partial charge in [-0.15, -0.1) is 0 Å². The molecule has 1 atom stereocenters. The van der Waals surface area contributed by atoms with Crippen LogP contribution in [0.4, 0.5) is 0 Å². The van der Waals surface area contributed by atoms with Crippen LogP contribution in [0.25, 0.3) is 0 Å². The van der Waals surface area contributed by atoms with Crippen molar-refractivity contribution < 1.29 is 14.6 Å². The minimum Gasteiger partial charge on any atom is -0.490 e. The monoisotopic (exact) mass is 425 g/mol. The quantitative estimate of drug-likeness (QED) is 0.453. The van der Waals surface area contributed by atoms with Crippen LogP contribution in [0.2, 0.25) is 5.02 Å². The molecule has 3 aromatic carbocycles. The van der Waals surface area contributed by atoms with Crippen LogP contribution in [0.5, 0.6) is 11.5 Å². The summed E-state index contributed by atoms with van der Waals surface area (Å²) in [6.45, 7) is 5.93. The number of halogens is 1. The first kappa shape index (κ1) is 22.2. The molecule has 0 aliphatic rings. The molecule has 0 amide bonds. The van der Waals surface area contributed by atoms with Crippen LogP contribution >= 0.6 is 11.6 Å². The third-order valence-corrected chi connectivity index (χ3v) is 5.13. The van der Waals surface area contributed by atoms with Gasteiger partial charge in [-0.2, -0.15) is 0 Å². The van der Waals surface area contributed by atoms with Gasteiger partial charge in [-0.25, -0.2) is 0 Å². The minimum atomic E-state index is -0.565. The highest BCUT2D eigenvalue weighted by Crippen LogP contribution is 2.37. The lowest BCUT2D eigenvalue weighted by atomic mass is 10.1. The van der Waals surface area contributed by atoms with Crippen LogP contribution in [0.1, 0.15) is 35.3 Å². The molecule has 0 saturated heterocycles. The summed E-state index contributed by atoms with van der Waals surface area (Å²) < 4.78 is 11.8. The highest BCUT2D eigenvalue weighted by Gasteiger charge is 2.14. The predicted molar refractivity (Wildman–Crippen MR) is 121 cm³/mol. The molecule has 0 aliphatic carbocycles. The summed E-state index contributed by atoms with van der Waals surface area (Å²) in [5.74, 6) is 1.17. The highest BCUT2D eigenvalue weighted by molar-refractivity contribution is 6.32. The lowest BCUT2D eigenvalue weighted by Crippen LogP contribution is -2.21. The molecule has 3 aromatic rings. The lowest BCUT2D eigenvalue weighted by molar-refractivity contribution is 0.174. The topological polar surface area (TPSA) is 50.7 Å². The second kappa shape index (κ2) is 11.0. The molecule has 0 saturated carbocycles. The van der Waals surface area contributed by atoms with E-state index in [1.807, 2.05) is 67.6 Å². The summed E-state index contributed by atoms with van der Waals surface area (Å²) in [6, 6.07) is 21.5. The normalized spacial score (nSPS) is 11.9. The van der Waals surface area contributed by atoms with Crippen molar-refractivity contribution in [2.75, 3.05) is 13.2 Å². The maximum absolute atomic E-state index is 10.3. The Balaban J connectivity index is 1.65. The van der Waals surface area contributed by atoms with E-state index in [-0.39, 0.29) is 0 Å². The molecule has 0 bridgehead atoms. The average Bonchev–Trinajstić information content (AvgIpc) is 2.75. The zero-order chi connectivity index (χ0) is 21.3. The average molecular weight is 426 g/mol. The van der Waals surface area contributed by atoms with Crippen molar-refractivity contribution in [1.82, 2.24) is 5.32 Å². The zero-order valence-electron chi connectivity index (χ0n) is 17.4. The van der Waals surface area contributed by atoms with E-state index in [4.69, 9.17) is 21.1 Å². The van der Waals surface area contributed by atoms with Crippen LogP contribution in [-0.4, -0.2) is 18.3 Å². The number of ether oxygens (including phenoxy) is 2. The van der Waals surface area contributed by atoms with Gasteiger partial charge in [-0.05, 0) is 48.2 Å². The van der Waals surface area contributed by atoms with Crippen molar-refractivity contribution in [2.45, 2.75) is 33.1 Å². The van der Waals surface area contributed by atoms with E-state index in [1.165, 1.54) is 5.56 Å². The Bertz CT molecular complexity index is 946. The largest absolute Gasteiger partial charge is 0.490 e. The Labute approximate surface area is 183 Å². The van der Waals surface area contributed by atoms with Gasteiger partial charge in [0.1, 0.15) is 6.61 Å². The van der Waals surface area contributed by atoms with Crippen molar-refractivity contribution in [1.29, 1.82) is 0 Å². The highest BCUT2D eigenvalue weighted by atomic mass is 35.5. The van der Waals surface area contributed by atoms with Crippen molar-refractivity contribution in [2.24, 2.45) is 0 Å². The maximum Gasteiger partial charge on any atom is 0.180 e. The molecule has 3 rings (SSSR count). The van der Waals surface area contributed by atoms with E-state index < -0.39 is 6.10 Å². The van der Waals surface area contributed by atoms with E-state index in [9.17, 15) is 5.11 Å². The number of nitrogens with one attached hydrogen (secondary N) is 1. The molecule has 0 spiro atoms. The SMILES string of the molecule is CCOc1cc(CNCC(O)c2ccccc2)cc(Cl)c1OCc1ccccc1C. The van der Waals surface area contributed by atoms with Crippen molar-refractivity contribution in [3.63, 3.8) is 0 Å². The first-order valence-electron chi connectivity index (χ1n) is 10.1. The summed E-state index contributed by atoms with van der Waals surface area (Å²) in [7, 11) is 0. The Morgan fingerprint density at radius 3 is 2.47 bits per heavy atom. The smallest absolute Gasteiger partial charge is 0.180 e. The number of aliphatic hydroxyl groups is 1. The van der Waals surface area contributed by atoms with Gasteiger partial charge in [-0.3, -0.25) is 0 Å². The van der Waals surface area contributed by atoms with Gasteiger partial charge >= 0.3 is 0 Å². The van der Waals surface area contributed by atoms with Gasteiger partial charge in [0, 0.05) is 13.1 Å². The molecular weight excluding hydrogens is 398 g/mol. The minimum absolute atomic E-state index is 0.424. The molecule has 158 valence electrons. The first-order valence-corrected chi connectivity index (χ1v) is 10.5. The third-order valence-electron chi connectivity index (χ3n) is 4.85. The Morgan fingerprint density at radius 2 is 1.73 bits per heavy atom. The third kappa shape index (κ3) is 5.99. The fraction of sp³-hybridized carbons (Fsp3) is 0.280. The van der Waals surface area contributed by atoms with Crippen LogP contribution in [0, 0.1) is 6.92 Å². The maximum atomic E-state index is 10.3. The molecule has 0 aromatic heterocycles. The van der Waals surface area contributed by atoms with Gasteiger partial charge in [0.25, 0.3) is 0 Å². The molecule has 0 fully saturated rings. The number of hydrogen-bond donors (Lipinski definition) is 2. The van der Waals surface area contributed by atoms with E-state index >= 15 is 0 Å². The number of aryl methyl sites for hydroxylation is 1. The molecule has 30 heavy (non-hydrogen) atoms. The summed E-state index contributed by atoms with van der Waals surface area (Å²) in [4.78, 5) is 0. The second-order valence-electron chi connectivity index (χ2n) is 7.11. The summed E-state index contributed by atoms with van der Waals surface area (Å²) in [5, 5.41) is 14.1. The number of rotatable bonds is 10. The predicted octanol–water partition coefficient (Wildman–Crippen LogP) is 5.45. The number of aliphatic hydroxyl groups excluding tert-OH is 1.